The summed E-state index contributed by atoms with van der Waals surface area (Å²) >= 11 is 8.07. The number of aromatic nitrogens is 2. The molecular formula is C10H7ClIN3O. The molecule has 1 aromatic heterocycles. The highest BCUT2D eigenvalue weighted by molar-refractivity contribution is 14.1. The summed E-state index contributed by atoms with van der Waals surface area (Å²) in [6.45, 7) is 0. The zero-order valence-electron chi connectivity index (χ0n) is 8.00. The van der Waals surface area contributed by atoms with Crippen LogP contribution in [0.3, 0.4) is 0 Å². The van der Waals surface area contributed by atoms with E-state index in [2.05, 4.69) is 38.1 Å². The van der Waals surface area contributed by atoms with Crippen LogP contribution in [0.4, 0.5) is 5.82 Å². The van der Waals surface area contributed by atoms with Crippen LogP contribution in [0.5, 0.6) is 0 Å². The third kappa shape index (κ3) is 2.53. The van der Waals surface area contributed by atoms with Gasteiger partial charge in [-0.3, -0.25) is 9.89 Å². The Bertz CT molecular complexity index is 513. The van der Waals surface area contributed by atoms with Gasteiger partial charge in [-0.05, 0) is 40.8 Å². The number of carbonyl (C=O) groups is 1. The van der Waals surface area contributed by atoms with E-state index in [0.717, 1.165) is 3.57 Å². The molecule has 82 valence electrons. The van der Waals surface area contributed by atoms with Crippen molar-refractivity contribution in [3.05, 3.63) is 44.6 Å². The SMILES string of the molecule is O=C(Nc1ccn[nH]1)c1cc(I)ccc1Cl. The lowest BCUT2D eigenvalue weighted by atomic mass is 10.2. The second-order valence-electron chi connectivity index (χ2n) is 3.05. The number of benzene rings is 1. The van der Waals surface area contributed by atoms with Gasteiger partial charge < -0.3 is 5.32 Å². The van der Waals surface area contributed by atoms with Crippen molar-refractivity contribution in [3.63, 3.8) is 0 Å². The summed E-state index contributed by atoms with van der Waals surface area (Å²) in [4.78, 5) is 11.8. The van der Waals surface area contributed by atoms with Crippen LogP contribution in [0.15, 0.2) is 30.5 Å². The van der Waals surface area contributed by atoms with Crippen LogP contribution in [0.2, 0.25) is 5.02 Å². The van der Waals surface area contributed by atoms with Crippen molar-refractivity contribution >= 4 is 45.9 Å². The highest BCUT2D eigenvalue weighted by Gasteiger charge is 2.11. The van der Waals surface area contributed by atoms with Gasteiger partial charge in [0.05, 0.1) is 16.8 Å². The maximum atomic E-state index is 11.8. The largest absolute Gasteiger partial charge is 0.307 e. The van der Waals surface area contributed by atoms with Crippen LogP contribution in [-0.2, 0) is 0 Å². The van der Waals surface area contributed by atoms with Gasteiger partial charge in [0.1, 0.15) is 5.82 Å². The fraction of sp³-hybridized carbons (Fsp3) is 0. The number of halogens is 2. The monoisotopic (exact) mass is 347 g/mol. The van der Waals surface area contributed by atoms with Gasteiger partial charge in [-0.2, -0.15) is 5.10 Å². The van der Waals surface area contributed by atoms with Gasteiger partial charge in [0.25, 0.3) is 5.91 Å². The van der Waals surface area contributed by atoms with Crippen molar-refractivity contribution in [1.82, 2.24) is 10.2 Å². The number of carbonyl (C=O) groups excluding carboxylic acids is 1. The Morgan fingerprint density at radius 2 is 2.25 bits per heavy atom. The summed E-state index contributed by atoms with van der Waals surface area (Å²) in [7, 11) is 0. The molecule has 0 saturated heterocycles. The molecule has 0 unspecified atom stereocenters. The number of hydrogen-bond acceptors (Lipinski definition) is 2. The molecule has 2 rings (SSSR count). The van der Waals surface area contributed by atoms with E-state index < -0.39 is 0 Å². The van der Waals surface area contributed by atoms with Crippen LogP contribution in [0, 0.1) is 3.57 Å². The third-order valence-corrected chi connectivity index (χ3v) is 2.92. The number of anilines is 1. The Balaban J connectivity index is 2.24. The lowest BCUT2D eigenvalue weighted by Gasteiger charge is -2.04. The maximum Gasteiger partial charge on any atom is 0.258 e. The molecule has 0 radical (unpaired) electrons. The van der Waals surface area contributed by atoms with Gasteiger partial charge in [-0.1, -0.05) is 11.6 Å². The first-order valence-electron chi connectivity index (χ1n) is 4.42. The molecular weight excluding hydrogens is 340 g/mol. The molecule has 0 spiro atoms. The fourth-order valence-corrected chi connectivity index (χ4v) is 1.88. The number of rotatable bonds is 2. The number of hydrogen-bond donors (Lipinski definition) is 2. The number of nitrogens with one attached hydrogen (secondary N) is 2. The van der Waals surface area contributed by atoms with Crippen molar-refractivity contribution in [2.45, 2.75) is 0 Å². The summed E-state index contributed by atoms with van der Waals surface area (Å²) in [6.07, 6.45) is 1.56. The van der Waals surface area contributed by atoms with E-state index in [0.29, 0.717) is 16.4 Å². The van der Waals surface area contributed by atoms with Gasteiger partial charge >= 0.3 is 0 Å². The van der Waals surface area contributed by atoms with E-state index >= 15 is 0 Å². The first kappa shape index (κ1) is 11.4. The molecule has 1 aromatic carbocycles. The number of H-pyrrole nitrogens is 1. The quantitative estimate of drug-likeness (QED) is 0.821. The van der Waals surface area contributed by atoms with Crippen LogP contribution < -0.4 is 5.32 Å². The van der Waals surface area contributed by atoms with Gasteiger partial charge in [0.2, 0.25) is 0 Å². The van der Waals surface area contributed by atoms with Crippen molar-refractivity contribution in [3.8, 4) is 0 Å². The van der Waals surface area contributed by atoms with Crippen LogP contribution >= 0.6 is 34.2 Å². The van der Waals surface area contributed by atoms with Crippen LogP contribution in [0.1, 0.15) is 10.4 Å². The third-order valence-electron chi connectivity index (χ3n) is 1.92. The Kier molecular flexibility index (Phi) is 3.45. The Hall–Kier alpha value is -1.08. The van der Waals surface area contributed by atoms with E-state index in [1.165, 1.54) is 0 Å². The Morgan fingerprint density at radius 1 is 1.44 bits per heavy atom. The zero-order valence-corrected chi connectivity index (χ0v) is 10.9. The molecule has 0 aliphatic rings. The minimum absolute atomic E-state index is 0.257. The standard InChI is InChI=1S/C10H7ClIN3O/c11-8-2-1-6(12)5-7(8)10(16)14-9-3-4-13-15-9/h1-5H,(H2,13,14,15,16). The predicted octanol–water partition coefficient (Wildman–Crippen LogP) is 2.92. The number of aromatic amines is 1. The molecule has 4 nitrogen and oxygen atoms in total. The van der Waals surface area contributed by atoms with Crippen molar-refractivity contribution < 1.29 is 4.79 Å². The molecule has 0 aliphatic heterocycles. The number of nitrogens with zero attached hydrogens (tertiary/aromatic N) is 1. The summed E-state index contributed by atoms with van der Waals surface area (Å²) in [5.41, 5.74) is 0.447. The molecule has 0 bridgehead atoms. The highest BCUT2D eigenvalue weighted by atomic mass is 127. The normalized spacial score (nSPS) is 10.1. The van der Waals surface area contributed by atoms with E-state index in [1.54, 1.807) is 24.4 Å². The van der Waals surface area contributed by atoms with Crippen molar-refractivity contribution in [1.29, 1.82) is 0 Å². The van der Waals surface area contributed by atoms with Crippen molar-refractivity contribution in [2.75, 3.05) is 5.32 Å². The molecule has 0 fully saturated rings. The zero-order chi connectivity index (χ0) is 11.5. The van der Waals surface area contributed by atoms with Gasteiger partial charge in [0.15, 0.2) is 0 Å². The molecule has 2 aromatic rings. The number of amides is 1. The molecule has 0 aliphatic carbocycles. The predicted molar refractivity (Wildman–Crippen MR) is 70.7 cm³/mol. The molecule has 6 heteroatoms. The van der Waals surface area contributed by atoms with Gasteiger partial charge in [-0.15, -0.1) is 0 Å². The van der Waals surface area contributed by atoms with E-state index in [4.69, 9.17) is 11.6 Å². The molecule has 16 heavy (non-hydrogen) atoms. The second-order valence-corrected chi connectivity index (χ2v) is 4.70. The fourth-order valence-electron chi connectivity index (χ4n) is 1.19. The van der Waals surface area contributed by atoms with Gasteiger partial charge in [-0.25, -0.2) is 0 Å². The molecule has 0 saturated carbocycles. The minimum atomic E-state index is -0.257. The van der Waals surface area contributed by atoms with Crippen molar-refractivity contribution in [2.24, 2.45) is 0 Å². The first-order chi connectivity index (χ1) is 7.66. The minimum Gasteiger partial charge on any atom is -0.307 e. The highest BCUT2D eigenvalue weighted by Crippen LogP contribution is 2.19. The smallest absolute Gasteiger partial charge is 0.258 e. The molecule has 1 heterocycles. The Labute approximate surface area is 111 Å². The molecule has 1 amide bonds. The topological polar surface area (TPSA) is 57.8 Å². The first-order valence-corrected chi connectivity index (χ1v) is 5.88. The average molecular weight is 348 g/mol. The van der Waals surface area contributed by atoms with Crippen LogP contribution in [-0.4, -0.2) is 16.1 Å². The second kappa shape index (κ2) is 4.84. The summed E-state index contributed by atoms with van der Waals surface area (Å²) in [6, 6.07) is 6.94. The summed E-state index contributed by atoms with van der Waals surface area (Å²) < 4.78 is 0.955. The van der Waals surface area contributed by atoms with E-state index in [1.807, 2.05) is 6.07 Å². The van der Waals surface area contributed by atoms with E-state index in [-0.39, 0.29) is 5.91 Å². The Morgan fingerprint density at radius 3 is 2.94 bits per heavy atom. The average Bonchev–Trinajstić information content (AvgIpc) is 2.74. The summed E-state index contributed by atoms with van der Waals surface area (Å²) in [5.74, 6) is 0.285. The lowest BCUT2D eigenvalue weighted by Crippen LogP contribution is -2.13. The maximum absolute atomic E-state index is 11.8. The lowest BCUT2D eigenvalue weighted by molar-refractivity contribution is 0.102. The summed E-state index contributed by atoms with van der Waals surface area (Å²) in [5, 5.41) is 9.47. The van der Waals surface area contributed by atoms with Gasteiger partial charge in [0, 0.05) is 9.64 Å². The molecule has 0 atom stereocenters. The van der Waals surface area contributed by atoms with E-state index in [9.17, 15) is 4.79 Å². The van der Waals surface area contributed by atoms with Crippen LogP contribution in [0.25, 0.3) is 0 Å². The molecule has 2 N–H and O–H groups in total.